The van der Waals surface area contributed by atoms with Crippen molar-refractivity contribution in [3.63, 3.8) is 0 Å². The molecule has 5 heteroatoms. The third-order valence-electron chi connectivity index (χ3n) is 3.31. The van der Waals surface area contributed by atoms with Gasteiger partial charge in [-0.3, -0.25) is 4.79 Å². The zero-order valence-corrected chi connectivity index (χ0v) is 10.6. The molecule has 0 radical (unpaired) electrons. The summed E-state index contributed by atoms with van der Waals surface area (Å²) >= 11 is 5.91. The van der Waals surface area contributed by atoms with Crippen molar-refractivity contribution in [3.05, 3.63) is 29.3 Å². The number of halogens is 1. The number of urea groups is 1. The number of amides is 3. The maximum Gasteiger partial charge on any atom is 0.331 e. The molecular formula is C13H13ClN2O2. The first-order valence-electron chi connectivity index (χ1n) is 6.06. The summed E-state index contributed by atoms with van der Waals surface area (Å²) < 4.78 is 0. The highest BCUT2D eigenvalue weighted by Gasteiger charge is 2.40. The molecule has 94 valence electrons. The maximum atomic E-state index is 12.3. The number of hydrogen-bond donors (Lipinski definition) is 0. The van der Waals surface area contributed by atoms with Crippen LogP contribution < -0.4 is 4.90 Å². The number of carbonyl (C=O) groups is 2. The van der Waals surface area contributed by atoms with Crippen LogP contribution in [0, 0.1) is 0 Å². The van der Waals surface area contributed by atoms with Crippen LogP contribution in [-0.2, 0) is 4.79 Å². The minimum atomic E-state index is -0.212. The van der Waals surface area contributed by atoms with Crippen molar-refractivity contribution in [1.29, 1.82) is 0 Å². The normalized spacial score (nSPS) is 20.5. The summed E-state index contributed by atoms with van der Waals surface area (Å²) in [7, 11) is 0. The Kier molecular flexibility index (Phi) is 2.74. The Morgan fingerprint density at radius 3 is 2.67 bits per heavy atom. The Bertz CT molecular complexity index is 513. The molecule has 1 saturated carbocycles. The molecule has 1 saturated heterocycles. The zero-order valence-electron chi connectivity index (χ0n) is 9.80. The van der Waals surface area contributed by atoms with E-state index in [9.17, 15) is 9.59 Å². The summed E-state index contributed by atoms with van der Waals surface area (Å²) in [5.74, 6) is -0.154. The molecule has 2 fully saturated rings. The van der Waals surface area contributed by atoms with Gasteiger partial charge in [-0.05, 0) is 31.0 Å². The number of rotatable bonds is 2. The number of imide groups is 1. The minimum absolute atomic E-state index is 0.154. The molecule has 3 amide bonds. The molecule has 0 atom stereocenters. The van der Waals surface area contributed by atoms with Crippen LogP contribution in [0.3, 0.4) is 0 Å². The molecule has 0 unspecified atom stereocenters. The highest BCUT2D eigenvalue weighted by Crippen LogP contribution is 2.32. The van der Waals surface area contributed by atoms with E-state index < -0.39 is 0 Å². The fourth-order valence-corrected chi connectivity index (χ4v) is 2.44. The van der Waals surface area contributed by atoms with Gasteiger partial charge >= 0.3 is 6.03 Å². The molecule has 4 nitrogen and oxygen atoms in total. The molecule has 1 aliphatic carbocycles. The lowest BCUT2D eigenvalue weighted by Crippen LogP contribution is -2.53. The van der Waals surface area contributed by atoms with Gasteiger partial charge in [-0.1, -0.05) is 17.7 Å². The van der Waals surface area contributed by atoms with Gasteiger partial charge in [0, 0.05) is 24.0 Å². The Hall–Kier alpha value is -1.55. The van der Waals surface area contributed by atoms with Crippen molar-refractivity contribution in [3.8, 4) is 0 Å². The topological polar surface area (TPSA) is 40.6 Å². The molecule has 1 aliphatic heterocycles. The number of anilines is 1. The van der Waals surface area contributed by atoms with E-state index in [1.807, 2.05) is 0 Å². The number of benzene rings is 1. The quantitative estimate of drug-likeness (QED) is 0.824. The van der Waals surface area contributed by atoms with Gasteiger partial charge in [0.2, 0.25) is 5.91 Å². The average Bonchev–Trinajstić information content (AvgIpc) is 3.13. The maximum absolute atomic E-state index is 12.3. The first kappa shape index (κ1) is 11.5. The monoisotopic (exact) mass is 264 g/mol. The lowest BCUT2D eigenvalue weighted by Gasteiger charge is -2.34. The van der Waals surface area contributed by atoms with Crippen molar-refractivity contribution in [2.45, 2.75) is 25.3 Å². The Labute approximate surface area is 110 Å². The summed E-state index contributed by atoms with van der Waals surface area (Å²) in [4.78, 5) is 27.3. The van der Waals surface area contributed by atoms with Crippen LogP contribution in [-0.4, -0.2) is 29.4 Å². The van der Waals surface area contributed by atoms with E-state index in [1.165, 1.54) is 4.90 Å². The number of nitrogens with zero attached hydrogens (tertiary/aromatic N) is 2. The zero-order chi connectivity index (χ0) is 12.7. The van der Waals surface area contributed by atoms with Gasteiger partial charge in [-0.2, -0.15) is 0 Å². The summed E-state index contributed by atoms with van der Waals surface area (Å²) in [6.45, 7) is 0.541. The van der Waals surface area contributed by atoms with Crippen LogP contribution >= 0.6 is 11.6 Å². The van der Waals surface area contributed by atoms with E-state index in [0.717, 1.165) is 12.8 Å². The standard InChI is InChI=1S/C13H13ClN2O2/c14-9-2-1-3-11(8-9)16-12(17)6-7-15(13(16)18)10-4-5-10/h1-3,8,10H,4-7H2. The second kappa shape index (κ2) is 4.28. The minimum Gasteiger partial charge on any atom is -0.320 e. The summed E-state index contributed by atoms with van der Waals surface area (Å²) in [6, 6.07) is 6.96. The summed E-state index contributed by atoms with van der Waals surface area (Å²) in [5.41, 5.74) is 0.558. The predicted molar refractivity (Wildman–Crippen MR) is 68.7 cm³/mol. The fraction of sp³-hybridized carbons (Fsp3) is 0.385. The van der Waals surface area contributed by atoms with Crippen LogP contribution in [0.2, 0.25) is 5.02 Å². The van der Waals surface area contributed by atoms with Crippen molar-refractivity contribution < 1.29 is 9.59 Å². The molecule has 1 aromatic rings. The van der Waals surface area contributed by atoms with Crippen molar-refractivity contribution in [1.82, 2.24) is 4.90 Å². The van der Waals surface area contributed by atoms with Gasteiger partial charge < -0.3 is 4.90 Å². The van der Waals surface area contributed by atoms with Crippen molar-refractivity contribution in [2.24, 2.45) is 0 Å². The number of hydrogen-bond acceptors (Lipinski definition) is 2. The van der Waals surface area contributed by atoms with E-state index in [-0.39, 0.29) is 11.9 Å². The first-order chi connectivity index (χ1) is 8.66. The van der Waals surface area contributed by atoms with Gasteiger partial charge in [-0.25, -0.2) is 9.69 Å². The van der Waals surface area contributed by atoms with Crippen LogP contribution in [0.4, 0.5) is 10.5 Å². The Balaban J connectivity index is 1.92. The van der Waals surface area contributed by atoms with Crippen LogP contribution in [0.15, 0.2) is 24.3 Å². The highest BCUT2D eigenvalue weighted by molar-refractivity contribution is 6.31. The van der Waals surface area contributed by atoms with Gasteiger partial charge in [0.15, 0.2) is 0 Å². The molecule has 0 spiro atoms. The lowest BCUT2D eigenvalue weighted by molar-refractivity contribution is -0.119. The van der Waals surface area contributed by atoms with Gasteiger partial charge in [0.1, 0.15) is 0 Å². The highest BCUT2D eigenvalue weighted by atomic mass is 35.5. The Morgan fingerprint density at radius 1 is 1.22 bits per heavy atom. The molecule has 0 N–H and O–H groups in total. The van der Waals surface area contributed by atoms with Crippen LogP contribution in [0.25, 0.3) is 0 Å². The van der Waals surface area contributed by atoms with E-state index in [2.05, 4.69) is 0 Å². The molecule has 0 bridgehead atoms. The van der Waals surface area contributed by atoms with Crippen LogP contribution in [0.5, 0.6) is 0 Å². The lowest BCUT2D eigenvalue weighted by atomic mass is 10.2. The van der Waals surface area contributed by atoms with E-state index >= 15 is 0 Å². The largest absolute Gasteiger partial charge is 0.331 e. The van der Waals surface area contributed by atoms with Crippen molar-refractivity contribution in [2.75, 3.05) is 11.4 Å². The third kappa shape index (κ3) is 1.97. The Morgan fingerprint density at radius 2 is 2.00 bits per heavy atom. The predicted octanol–water partition coefficient (Wildman–Crippen LogP) is 2.66. The van der Waals surface area contributed by atoms with Gasteiger partial charge in [0.05, 0.1) is 5.69 Å². The molecule has 0 aromatic heterocycles. The third-order valence-corrected chi connectivity index (χ3v) is 3.54. The second-order valence-electron chi connectivity index (χ2n) is 4.67. The molecular weight excluding hydrogens is 252 g/mol. The molecule has 1 aromatic carbocycles. The number of carbonyl (C=O) groups excluding carboxylic acids is 2. The summed E-state index contributed by atoms with van der Waals surface area (Å²) in [5, 5.41) is 0.525. The second-order valence-corrected chi connectivity index (χ2v) is 5.10. The molecule has 18 heavy (non-hydrogen) atoms. The first-order valence-corrected chi connectivity index (χ1v) is 6.44. The smallest absolute Gasteiger partial charge is 0.320 e. The van der Waals surface area contributed by atoms with E-state index in [1.54, 1.807) is 29.2 Å². The van der Waals surface area contributed by atoms with Crippen LogP contribution in [0.1, 0.15) is 19.3 Å². The van der Waals surface area contributed by atoms with Gasteiger partial charge in [-0.15, -0.1) is 0 Å². The van der Waals surface area contributed by atoms with E-state index in [0.29, 0.717) is 29.7 Å². The molecule has 2 aliphatic rings. The molecule has 3 rings (SSSR count). The average molecular weight is 265 g/mol. The van der Waals surface area contributed by atoms with Gasteiger partial charge in [0.25, 0.3) is 0 Å². The summed E-state index contributed by atoms with van der Waals surface area (Å²) in [6.07, 6.45) is 2.47. The molecule has 1 heterocycles. The fourth-order valence-electron chi connectivity index (χ4n) is 2.25. The SMILES string of the molecule is O=C1CCN(C2CC2)C(=O)N1c1cccc(Cl)c1. The van der Waals surface area contributed by atoms with E-state index in [4.69, 9.17) is 11.6 Å². The van der Waals surface area contributed by atoms with Crippen molar-refractivity contribution >= 4 is 29.2 Å².